The minimum absolute atomic E-state index is 0.0218. The quantitative estimate of drug-likeness (QED) is 0.421. The van der Waals surface area contributed by atoms with Crippen LogP contribution in [-0.4, -0.2) is 4.92 Å². The Labute approximate surface area is 67.3 Å². The number of nitroso groups, excluding NO2 is 1. The van der Waals surface area contributed by atoms with Crippen LogP contribution in [0.25, 0.3) is 0 Å². The van der Waals surface area contributed by atoms with E-state index in [-0.39, 0.29) is 5.69 Å². The van der Waals surface area contributed by atoms with Crippen molar-refractivity contribution in [2.45, 2.75) is 0 Å². The number of hydrogen-bond acceptors (Lipinski definition) is 4. The molecule has 0 unspecified atom stereocenters. The van der Waals surface area contributed by atoms with Crippen LogP contribution in [0, 0.1) is 15.0 Å². The van der Waals surface area contributed by atoms with E-state index in [2.05, 4.69) is 10.7 Å². The molecule has 0 saturated heterocycles. The van der Waals surface area contributed by atoms with E-state index in [0.29, 0.717) is 5.69 Å². The van der Waals surface area contributed by atoms with Crippen molar-refractivity contribution in [3.63, 3.8) is 0 Å². The first-order chi connectivity index (χ1) is 5.74. The largest absolute Gasteiger partial charge is 0.269 e. The highest BCUT2D eigenvalue weighted by atomic mass is 16.6. The average Bonchev–Trinajstić information content (AvgIpc) is 2.06. The van der Waals surface area contributed by atoms with Crippen molar-refractivity contribution >= 4 is 11.4 Å². The summed E-state index contributed by atoms with van der Waals surface area (Å²) in [5.41, 5.74) is 2.53. The summed E-state index contributed by atoms with van der Waals surface area (Å²) in [6.45, 7) is 0. The van der Waals surface area contributed by atoms with Crippen LogP contribution in [0.5, 0.6) is 0 Å². The summed E-state index contributed by atoms with van der Waals surface area (Å²) in [5, 5.41) is 12.6. The lowest BCUT2D eigenvalue weighted by atomic mass is 10.3. The van der Waals surface area contributed by atoms with E-state index in [9.17, 15) is 15.0 Å². The van der Waals surface area contributed by atoms with Gasteiger partial charge in [0.05, 0.1) is 15.9 Å². The lowest BCUT2D eigenvalue weighted by Gasteiger charge is -1.94. The molecule has 1 aromatic rings. The van der Waals surface area contributed by atoms with Gasteiger partial charge >= 0.3 is 0 Å². The van der Waals surface area contributed by atoms with Gasteiger partial charge in [0.2, 0.25) is 0 Å². The summed E-state index contributed by atoms with van der Waals surface area (Å²) in [7, 11) is 0. The van der Waals surface area contributed by atoms with Crippen LogP contribution in [-0.2, 0) is 0 Å². The van der Waals surface area contributed by atoms with Crippen molar-refractivity contribution < 1.29 is 4.92 Å². The van der Waals surface area contributed by atoms with E-state index in [4.69, 9.17) is 0 Å². The highest BCUT2D eigenvalue weighted by Crippen LogP contribution is 2.14. The summed E-state index contributed by atoms with van der Waals surface area (Å²) < 4.78 is 0. The fourth-order valence-corrected chi connectivity index (χ4v) is 0.710. The predicted octanol–water partition coefficient (Wildman–Crippen LogP) is 1.69. The standard InChI is InChI=1S/C6H5N3O3/c10-8-7-5-1-3-6(4-2-5)9(11)12/h1-4H,(H,7,10). The van der Waals surface area contributed by atoms with E-state index in [1.165, 1.54) is 24.3 Å². The Balaban J connectivity index is 2.85. The maximum Gasteiger partial charge on any atom is 0.269 e. The van der Waals surface area contributed by atoms with Gasteiger partial charge in [-0.15, -0.1) is 4.91 Å². The Kier molecular flexibility index (Phi) is 2.32. The average molecular weight is 167 g/mol. The molecule has 0 aromatic heterocycles. The molecular formula is C6H5N3O3. The van der Waals surface area contributed by atoms with Crippen molar-refractivity contribution in [3.05, 3.63) is 39.3 Å². The van der Waals surface area contributed by atoms with Crippen LogP contribution in [0.1, 0.15) is 0 Å². The van der Waals surface area contributed by atoms with Crippen LogP contribution < -0.4 is 5.43 Å². The summed E-state index contributed by atoms with van der Waals surface area (Å²) in [6, 6.07) is 5.38. The SMILES string of the molecule is O=NNc1ccc([N+](=O)[O-])cc1. The molecule has 6 nitrogen and oxygen atoms in total. The second-order valence-corrected chi connectivity index (χ2v) is 2.01. The number of rotatable bonds is 3. The lowest BCUT2D eigenvalue weighted by Crippen LogP contribution is -1.89. The first-order valence-electron chi connectivity index (χ1n) is 3.07. The second-order valence-electron chi connectivity index (χ2n) is 2.01. The van der Waals surface area contributed by atoms with Gasteiger partial charge in [0.1, 0.15) is 0 Å². The molecule has 0 bridgehead atoms. The zero-order chi connectivity index (χ0) is 8.97. The molecule has 0 spiro atoms. The maximum absolute atomic E-state index is 10.2. The van der Waals surface area contributed by atoms with Gasteiger partial charge in [-0.3, -0.25) is 10.1 Å². The van der Waals surface area contributed by atoms with Gasteiger partial charge in [-0.25, -0.2) is 5.43 Å². The molecule has 0 aliphatic carbocycles. The number of nitrogens with one attached hydrogen (secondary N) is 1. The maximum atomic E-state index is 10.2. The Morgan fingerprint density at radius 1 is 1.33 bits per heavy atom. The van der Waals surface area contributed by atoms with Crippen LogP contribution in [0.3, 0.4) is 0 Å². The van der Waals surface area contributed by atoms with Gasteiger partial charge in [-0.1, -0.05) is 0 Å². The van der Waals surface area contributed by atoms with E-state index in [1.807, 2.05) is 0 Å². The number of hydrogen-bond donors (Lipinski definition) is 1. The smallest absolute Gasteiger partial charge is 0.258 e. The molecule has 6 heteroatoms. The molecule has 0 heterocycles. The zero-order valence-electron chi connectivity index (χ0n) is 5.93. The second kappa shape index (κ2) is 3.42. The van der Waals surface area contributed by atoms with Crippen molar-refractivity contribution in [2.75, 3.05) is 5.43 Å². The monoisotopic (exact) mass is 167 g/mol. The molecule has 0 atom stereocenters. The molecule has 0 aliphatic rings. The summed E-state index contributed by atoms with van der Waals surface area (Å²) in [4.78, 5) is 19.4. The first-order valence-corrected chi connectivity index (χ1v) is 3.07. The van der Waals surface area contributed by atoms with E-state index in [1.54, 1.807) is 0 Å². The molecule has 0 fully saturated rings. The molecular weight excluding hydrogens is 162 g/mol. The molecule has 1 rings (SSSR count). The van der Waals surface area contributed by atoms with Crippen molar-refractivity contribution in [1.82, 2.24) is 0 Å². The van der Waals surface area contributed by atoms with Crippen LogP contribution in [0.15, 0.2) is 29.6 Å². The molecule has 1 N–H and O–H groups in total. The lowest BCUT2D eigenvalue weighted by molar-refractivity contribution is -0.384. The third-order valence-electron chi connectivity index (χ3n) is 1.25. The minimum Gasteiger partial charge on any atom is -0.258 e. The van der Waals surface area contributed by atoms with Crippen LogP contribution >= 0.6 is 0 Å². The highest BCUT2D eigenvalue weighted by Gasteiger charge is 2.02. The molecule has 0 aliphatic heterocycles. The van der Waals surface area contributed by atoms with Gasteiger partial charge in [0, 0.05) is 12.1 Å². The zero-order valence-corrected chi connectivity index (χ0v) is 5.93. The number of anilines is 1. The number of nitro benzene ring substituents is 1. The van der Waals surface area contributed by atoms with Crippen LogP contribution in [0.4, 0.5) is 11.4 Å². The molecule has 0 amide bonds. The fourth-order valence-electron chi connectivity index (χ4n) is 0.710. The summed E-state index contributed by atoms with van der Waals surface area (Å²) in [5.74, 6) is 0. The molecule has 0 saturated carbocycles. The molecule has 0 radical (unpaired) electrons. The first kappa shape index (κ1) is 8.12. The Bertz CT molecular complexity index is 295. The summed E-state index contributed by atoms with van der Waals surface area (Å²) in [6.07, 6.45) is 0. The van der Waals surface area contributed by atoms with Gasteiger partial charge < -0.3 is 0 Å². The Morgan fingerprint density at radius 2 is 1.92 bits per heavy atom. The summed E-state index contributed by atoms with van der Waals surface area (Å²) >= 11 is 0. The Morgan fingerprint density at radius 3 is 2.33 bits per heavy atom. The fraction of sp³-hybridized carbons (Fsp3) is 0. The number of non-ortho nitro benzene ring substituents is 1. The highest BCUT2D eigenvalue weighted by molar-refractivity contribution is 5.47. The number of benzene rings is 1. The Hall–Kier alpha value is -1.98. The van der Waals surface area contributed by atoms with Crippen molar-refractivity contribution in [2.24, 2.45) is 5.29 Å². The van der Waals surface area contributed by atoms with Gasteiger partial charge in [-0.2, -0.15) is 0 Å². The van der Waals surface area contributed by atoms with E-state index >= 15 is 0 Å². The predicted molar refractivity (Wildman–Crippen MR) is 42.5 cm³/mol. The number of nitro groups is 1. The van der Waals surface area contributed by atoms with Gasteiger partial charge in [-0.05, 0) is 12.1 Å². The van der Waals surface area contributed by atoms with Gasteiger partial charge in [0.25, 0.3) is 5.69 Å². The third-order valence-corrected chi connectivity index (χ3v) is 1.25. The molecule has 1 aromatic carbocycles. The third kappa shape index (κ3) is 1.75. The normalized spacial score (nSPS) is 9.00. The van der Waals surface area contributed by atoms with Crippen LogP contribution in [0.2, 0.25) is 0 Å². The number of nitrogens with zero attached hydrogens (tertiary/aromatic N) is 2. The van der Waals surface area contributed by atoms with Crippen molar-refractivity contribution in [3.8, 4) is 0 Å². The minimum atomic E-state index is -0.516. The molecule has 12 heavy (non-hydrogen) atoms. The molecule has 62 valence electrons. The van der Waals surface area contributed by atoms with Crippen molar-refractivity contribution in [1.29, 1.82) is 0 Å². The van der Waals surface area contributed by atoms with E-state index < -0.39 is 4.92 Å². The topological polar surface area (TPSA) is 84.6 Å². The van der Waals surface area contributed by atoms with E-state index in [0.717, 1.165) is 0 Å². The van der Waals surface area contributed by atoms with Gasteiger partial charge in [0.15, 0.2) is 0 Å².